The van der Waals surface area contributed by atoms with Crippen molar-refractivity contribution in [1.82, 2.24) is 19.5 Å². The number of pyridine rings is 2. The third kappa shape index (κ3) is 3.71. The summed E-state index contributed by atoms with van der Waals surface area (Å²) in [6.45, 7) is -0.193. The van der Waals surface area contributed by atoms with E-state index in [4.69, 9.17) is 4.74 Å². The Morgan fingerprint density at radius 2 is 1.97 bits per heavy atom. The van der Waals surface area contributed by atoms with Crippen molar-refractivity contribution in [2.75, 3.05) is 12.4 Å². The minimum Gasteiger partial charge on any atom is -0.496 e. The van der Waals surface area contributed by atoms with Gasteiger partial charge in [0.25, 0.3) is 5.56 Å². The second-order valence-corrected chi connectivity index (χ2v) is 6.78. The maximum Gasteiger partial charge on any atom is 0.264 e. The van der Waals surface area contributed by atoms with Crippen LogP contribution in [-0.4, -0.2) is 26.6 Å². The first kappa shape index (κ1) is 19.5. The van der Waals surface area contributed by atoms with Gasteiger partial charge >= 0.3 is 0 Å². The molecule has 0 radical (unpaired) electrons. The van der Waals surface area contributed by atoms with Gasteiger partial charge in [-0.2, -0.15) is 0 Å². The van der Waals surface area contributed by atoms with Gasteiger partial charge in [-0.1, -0.05) is 0 Å². The summed E-state index contributed by atoms with van der Waals surface area (Å²) in [5, 5.41) is 3.64. The second-order valence-electron chi connectivity index (χ2n) is 6.78. The lowest BCUT2D eigenvalue weighted by molar-refractivity contribution is 0.394. The Bertz CT molecular complexity index is 1260. The lowest BCUT2D eigenvalue weighted by Crippen LogP contribution is -2.19. The minimum atomic E-state index is -0.656. The average Bonchev–Trinajstić information content (AvgIpc) is 2.79. The van der Waals surface area contributed by atoms with E-state index >= 15 is 0 Å². The predicted octanol–water partition coefficient (Wildman–Crippen LogP) is 3.48. The third-order valence-electron chi connectivity index (χ3n) is 4.83. The molecule has 152 valence electrons. The Kier molecular flexibility index (Phi) is 5.38. The number of rotatable bonds is 6. The quantitative estimate of drug-likeness (QED) is 0.529. The lowest BCUT2D eigenvalue weighted by Gasteiger charge is -2.13. The van der Waals surface area contributed by atoms with Crippen molar-refractivity contribution < 1.29 is 9.13 Å². The Labute approximate surface area is 172 Å². The van der Waals surface area contributed by atoms with Crippen LogP contribution in [0.5, 0.6) is 5.75 Å². The molecule has 0 bridgehead atoms. The molecule has 7 nitrogen and oxygen atoms in total. The van der Waals surface area contributed by atoms with Gasteiger partial charge in [0.2, 0.25) is 0 Å². The number of hydrogen-bond donors (Lipinski definition) is 1. The number of hydrogen-bond acceptors (Lipinski definition) is 6. The van der Waals surface area contributed by atoms with E-state index in [1.807, 2.05) is 12.1 Å². The summed E-state index contributed by atoms with van der Waals surface area (Å²) in [7, 11) is 3.15. The molecule has 0 aliphatic rings. The van der Waals surface area contributed by atoms with Gasteiger partial charge in [-0.3, -0.25) is 9.78 Å². The fraction of sp³-hybridized carbons (Fsp3) is 0.182. The predicted molar refractivity (Wildman–Crippen MR) is 113 cm³/mol. The summed E-state index contributed by atoms with van der Waals surface area (Å²) >= 11 is 0. The van der Waals surface area contributed by atoms with Crippen molar-refractivity contribution in [2.45, 2.75) is 13.2 Å². The number of aromatic nitrogens is 4. The van der Waals surface area contributed by atoms with E-state index in [2.05, 4.69) is 20.3 Å². The number of methoxy groups -OCH3 is 1. The molecule has 0 atom stereocenters. The highest BCUT2D eigenvalue weighted by molar-refractivity contribution is 5.91. The van der Waals surface area contributed by atoms with Crippen LogP contribution in [0.1, 0.15) is 11.1 Å². The molecular weight excluding hydrogens is 385 g/mol. The van der Waals surface area contributed by atoms with E-state index in [1.165, 1.54) is 18.0 Å². The molecule has 0 unspecified atom stereocenters. The first-order valence-corrected chi connectivity index (χ1v) is 9.33. The second kappa shape index (κ2) is 8.28. The fourth-order valence-corrected chi connectivity index (χ4v) is 3.23. The zero-order valence-corrected chi connectivity index (χ0v) is 16.6. The molecule has 1 aromatic carbocycles. The lowest BCUT2D eigenvalue weighted by atomic mass is 10.1. The maximum atomic E-state index is 13.4. The van der Waals surface area contributed by atoms with Crippen LogP contribution in [-0.2, 0) is 20.3 Å². The van der Waals surface area contributed by atoms with Crippen LogP contribution in [0.3, 0.4) is 0 Å². The Balaban J connectivity index is 1.84. The molecule has 0 saturated carbocycles. The molecular formula is C22H20FN5O2. The number of anilines is 1. The average molecular weight is 405 g/mol. The summed E-state index contributed by atoms with van der Waals surface area (Å²) in [6.07, 6.45) is 4.88. The SMILES string of the molecule is COc1ccc(-c2cc3ncn(C)c(=O)c3c(NCc3ccncc3)n2)cc1CF. The molecule has 4 aromatic rings. The van der Waals surface area contributed by atoms with E-state index in [9.17, 15) is 9.18 Å². The summed E-state index contributed by atoms with van der Waals surface area (Å²) in [4.78, 5) is 25.8. The molecule has 4 rings (SSSR count). The van der Waals surface area contributed by atoms with Gasteiger partial charge in [-0.25, -0.2) is 14.4 Å². The standard InChI is InChI=1S/C22H20FN5O2/c1-28-13-26-18-10-17(15-3-4-19(30-2)16(9-15)11-23)27-21(20(18)22(28)29)25-12-14-5-7-24-8-6-14/h3-10,13H,11-12H2,1-2H3,(H,25,27). The van der Waals surface area contributed by atoms with E-state index in [-0.39, 0.29) is 5.56 Å². The van der Waals surface area contributed by atoms with Crippen molar-refractivity contribution in [3.63, 3.8) is 0 Å². The van der Waals surface area contributed by atoms with Gasteiger partial charge in [0.1, 0.15) is 23.6 Å². The summed E-state index contributed by atoms with van der Waals surface area (Å²) in [5.41, 5.74) is 3.03. The first-order chi connectivity index (χ1) is 14.6. The first-order valence-electron chi connectivity index (χ1n) is 9.33. The Morgan fingerprint density at radius 3 is 2.70 bits per heavy atom. The topological polar surface area (TPSA) is 81.9 Å². The number of aryl methyl sites for hydroxylation is 1. The summed E-state index contributed by atoms with van der Waals surface area (Å²) < 4.78 is 20.0. The van der Waals surface area contributed by atoms with Gasteiger partial charge in [0.05, 0.1) is 24.6 Å². The van der Waals surface area contributed by atoms with Crippen LogP contribution < -0.4 is 15.6 Å². The summed E-state index contributed by atoms with van der Waals surface area (Å²) in [6, 6.07) is 10.7. The highest BCUT2D eigenvalue weighted by Gasteiger charge is 2.14. The summed E-state index contributed by atoms with van der Waals surface area (Å²) in [5.74, 6) is 0.899. The molecule has 30 heavy (non-hydrogen) atoms. The van der Waals surface area contributed by atoms with Crippen molar-refractivity contribution in [3.8, 4) is 17.0 Å². The van der Waals surface area contributed by atoms with Gasteiger partial charge in [0, 0.05) is 37.1 Å². The fourth-order valence-electron chi connectivity index (χ4n) is 3.23. The number of ether oxygens (including phenoxy) is 1. The van der Waals surface area contributed by atoms with Crippen LogP contribution in [0.2, 0.25) is 0 Å². The van der Waals surface area contributed by atoms with Crippen molar-refractivity contribution in [2.24, 2.45) is 7.05 Å². The van der Waals surface area contributed by atoms with Crippen molar-refractivity contribution in [1.29, 1.82) is 0 Å². The number of nitrogens with one attached hydrogen (secondary N) is 1. The highest BCUT2D eigenvalue weighted by Crippen LogP contribution is 2.29. The van der Waals surface area contributed by atoms with E-state index in [0.717, 1.165) is 5.56 Å². The number of benzene rings is 1. The van der Waals surface area contributed by atoms with E-state index in [1.54, 1.807) is 43.7 Å². The van der Waals surface area contributed by atoms with Crippen LogP contribution >= 0.6 is 0 Å². The zero-order chi connectivity index (χ0) is 21.1. The Hall–Kier alpha value is -3.81. The molecule has 0 fully saturated rings. The zero-order valence-electron chi connectivity index (χ0n) is 16.6. The smallest absolute Gasteiger partial charge is 0.264 e. The highest BCUT2D eigenvalue weighted by atomic mass is 19.1. The molecule has 3 aromatic heterocycles. The van der Waals surface area contributed by atoms with E-state index < -0.39 is 6.67 Å². The van der Waals surface area contributed by atoms with Crippen LogP contribution in [0.15, 0.2) is 59.9 Å². The number of alkyl halides is 1. The largest absolute Gasteiger partial charge is 0.496 e. The van der Waals surface area contributed by atoms with E-state index in [0.29, 0.717) is 45.8 Å². The maximum absolute atomic E-state index is 13.4. The van der Waals surface area contributed by atoms with Gasteiger partial charge in [0.15, 0.2) is 0 Å². The normalized spacial score (nSPS) is 10.9. The van der Waals surface area contributed by atoms with Crippen LogP contribution in [0, 0.1) is 0 Å². The molecule has 8 heteroatoms. The van der Waals surface area contributed by atoms with Crippen molar-refractivity contribution >= 4 is 16.7 Å². The molecule has 3 heterocycles. The number of fused-ring (bicyclic) bond motifs is 1. The monoisotopic (exact) mass is 405 g/mol. The molecule has 1 N–H and O–H groups in total. The van der Waals surface area contributed by atoms with Gasteiger partial charge < -0.3 is 14.6 Å². The molecule has 0 amide bonds. The number of halogens is 1. The van der Waals surface area contributed by atoms with Crippen molar-refractivity contribution in [3.05, 3.63) is 76.6 Å². The Morgan fingerprint density at radius 1 is 1.17 bits per heavy atom. The molecule has 0 aliphatic heterocycles. The molecule has 0 spiro atoms. The molecule has 0 aliphatic carbocycles. The van der Waals surface area contributed by atoms with Crippen LogP contribution in [0.4, 0.5) is 10.2 Å². The third-order valence-corrected chi connectivity index (χ3v) is 4.83. The number of nitrogens with zero attached hydrogens (tertiary/aromatic N) is 4. The van der Waals surface area contributed by atoms with Crippen LogP contribution in [0.25, 0.3) is 22.2 Å². The minimum absolute atomic E-state index is 0.199. The van der Waals surface area contributed by atoms with Gasteiger partial charge in [-0.05, 0) is 42.0 Å². The van der Waals surface area contributed by atoms with Gasteiger partial charge in [-0.15, -0.1) is 0 Å². The molecule has 0 saturated heterocycles.